The predicted molar refractivity (Wildman–Crippen MR) is 126 cm³/mol. The van der Waals surface area contributed by atoms with Gasteiger partial charge in [-0.2, -0.15) is 0 Å². The normalized spacial score (nSPS) is 10.8. The number of methoxy groups -OCH3 is 1. The zero-order chi connectivity index (χ0) is 25.3. The number of rotatable bonds is 9. The van der Waals surface area contributed by atoms with Gasteiger partial charge in [-0.15, -0.1) is 0 Å². The first-order valence-electron chi connectivity index (χ1n) is 10.5. The van der Waals surface area contributed by atoms with Crippen molar-refractivity contribution in [3.8, 4) is 5.88 Å². The molecule has 0 fully saturated rings. The van der Waals surface area contributed by atoms with Crippen LogP contribution in [0.15, 0.2) is 77.8 Å². The van der Waals surface area contributed by atoms with E-state index in [0.717, 1.165) is 25.3 Å². The second-order valence-corrected chi connectivity index (χ2v) is 8.97. The first-order valence-corrected chi connectivity index (χ1v) is 12.0. The van der Waals surface area contributed by atoms with E-state index in [4.69, 9.17) is 4.74 Å². The summed E-state index contributed by atoms with van der Waals surface area (Å²) in [6.45, 7) is 0. The highest BCUT2D eigenvalue weighted by Gasteiger charge is 2.19. The van der Waals surface area contributed by atoms with Crippen LogP contribution in [0.2, 0.25) is 0 Å². The van der Waals surface area contributed by atoms with E-state index in [1.807, 2.05) is 35.1 Å². The van der Waals surface area contributed by atoms with Crippen LogP contribution >= 0.6 is 0 Å². The lowest BCUT2D eigenvalue weighted by Crippen LogP contribution is -2.30. The number of aryl methyl sites for hydroxylation is 1. The zero-order valence-corrected chi connectivity index (χ0v) is 19.6. The molecule has 1 aromatic heterocycles. The molecular weight excluding hydrogens is 474 g/mol. The van der Waals surface area contributed by atoms with E-state index in [1.54, 1.807) is 0 Å². The van der Waals surface area contributed by atoms with Crippen molar-refractivity contribution in [1.82, 2.24) is 9.71 Å². The number of hydrogen-bond donors (Lipinski definition) is 2. The second kappa shape index (κ2) is 11.7. The van der Waals surface area contributed by atoms with Gasteiger partial charge in [-0.1, -0.05) is 30.3 Å². The fourth-order valence-electron chi connectivity index (χ4n) is 2.98. The number of carbonyl (C=O) groups is 3. The van der Waals surface area contributed by atoms with Gasteiger partial charge < -0.3 is 14.8 Å². The Morgan fingerprint density at radius 3 is 2.29 bits per heavy atom. The van der Waals surface area contributed by atoms with Crippen LogP contribution in [0.5, 0.6) is 5.88 Å². The van der Waals surface area contributed by atoms with E-state index >= 15 is 0 Å². The molecule has 0 radical (unpaired) electrons. The van der Waals surface area contributed by atoms with E-state index in [2.05, 4.69) is 15.0 Å². The van der Waals surface area contributed by atoms with Crippen molar-refractivity contribution in [3.63, 3.8) is 0 Å². The highest BCUT2D eigenvalue weighted by atomic mass is 32.2. The molecule has 0 saturated heterocycles. The SMILES string of the molecule is COC(=O)Oc1ccc(C(=O)NS(=O)(=O)c2ccc(NC(=O)CCCc3ccccc3)cc2)cn1. The van der Waals surface area contributed by atoms with Gasteiger partial charge in [0.25, 0.3) is 15.9 Å². The Hall–Kier alpha value is -4.25. The average Bonchev–Trinajstić information content (AvgIpc) is 2.85. The summed E-state index contributed by atoms with van der Waals surface area (Å²) in [6, 6.07) is 17.7. The molecule has 2 N–H and O–H groups in total. The quantitative estimate of drug-likeness (QED) is 0.429. The minimum absolute atomic E-state index is 0.0647. The van der Waals surface area contributed by atoms with Gasteiger partial charge in [0.1, 0.15) is 0 Å². The van der Waals surface area contributed by atoms with Crippen molar-refractivity contribution in [3.05, 3.63) is 84.1 Å². The molecule has 3 rings (SSSR count). The van der Waals surface area contributed by atoms with Crippen LogP contribution in [-0.2, 0) is 26.0 Å². The molecular formula is C24H23N3O7S. The summed E-state index contributed by atoms with van der Waals surface area (Å²) in [4.78, 5) is 39.1. The standard InChI is InChI=1S/C24H23N3O7S/c1-33-24(30)34-22-15-10-18(16-25-22)23(29)27-35(31,32)20-13-11-19(12-14-20)26-21(28)9-5-8-17-6-3-2-4-7-17/h2-4,6-7,10-16H,5,8-9H2,1H3,(H,26,28)(H,27,29). The van der Waals surface area contributed by atoms with Crippen LogP contribution in [0.1, 0.15) is 28.8 Å². The molecule has 182 valence electrons. The molecule has 1 heterocycles. The van der Waals surface area contributed by atoms with Gasteiger partial charge in [-0.3, -0.25) is 9.59 Å². The van der Waals surface area contributed by atoms with Gasteiger partial charge >= 0.3 is 6.16 Å². The van der Waals surface area contributed by atoms with Gasteiger partial charge in [0.2, 0.25) is 11.8 Å². The number of pyridine rings is 1. The van der Waals surface area contributed by atoms with Crippen molar-refractivity contribution in [2.24, 2.45) is 0 Å². The maximum Gasteiger partial charge on any atom is 0.514 e. The Kier molecular flexibility index (Phi) is 8.52. The van der Waals surface area contributed by atoms with Crippen molar-refractivity contribution >= 4 is 33.7 Å². The molecule has 11 heteroatoms. The molecule has 2 amide bonds. The highest BCUT2D eigenvalue weighted by molar-refractivity contribution is 7.90. The fraction of sp³-hybridized carbons (Fsp3) is 0.167. The number of sulfonamides is 1. The van der Waals surface area contributed by atoms with Crippen LogP contribution in [-0.4, -0.2) is 38.5 Å². The minimum atomic E-state index is -4.18. The van der Waals surface area contributed by atoms with E-state index in [1.165, 1.54) is 36.4 Å². The number of nitrogens with one attached hydrogen (secondary N) is 2. The van der Waals surface area contributed by atoms with Crippen molar-refractivity contribution in [1.29, 1.82) is 0 Å². The Balaban J connectivity index is 1.53. The number of nitrogens with zero attached hydrogens (tertiary/aromatic N) is 1. The van der Waals surface area contributed by atoms with E-state index in [9.17, 15) is 22.8 Å². The molecule has 0 aliphatic rings. The summed E-state index contributed by atoms with van der Waals surface area (Å²) < 4.78 is 36.1. The summed E-state index contributed by atoms with van der Waals surface area (Å²) in [5.41, 5.74) is 1.52. The zero-order valence-electron chi connectivity index (χ0n) is 18.8. The average molecular weight is 498 g/mol. The molecule has 35 heavy (non-hydrogen) atoms. The topological polar surface area (TPSA) is 141 Å². The van der Waals surface area contributed by atoms with Crippen molar-refractivity contribution < 1.29 is 32.3 Å². The number of amides is 2. The first kappa shape index (κ1) is 25.4. The third-order valence-electron chi connectivity index (χ3n) is 4.74. The summed E-state index contributed by atoms with van der Waals surface area (Å²) in [5, 5.41) is 2.72. The molecule has 3 aromatic rings. The summed E-state index contributed by atoms with van der Waals surface area (Å²) in [5.74, 6) is -1.22. The first-order chi connectivity index (χ1) is 16.8. The fourth-order valence-corrected chi connectivity index (χ4v) is 3.95. The molecule has 0 atom stereocenters. The Morgan fingerprint density at radius 2 is 1.66 bits per heavy atom. The Labute approximate surface area is 202 Å². The third kappa shape index (κ3) is 7.64. The molecule has 0 spiro atoms. The number of aromatic nitrogens is 1. The minimum Gasteiger partial charge on any atom is -0.437 e. The van der Waals surface area contributed by atoms with E-state index in [0.29, 0.717) is 18.5 Å². The summed E-state index contributed by atoms with van der Waals surface area (Å²) in [7, 11) is -3.05. The largest absolute Gasteiger partial charge is 0.514 e. The van der Waals surface area contributed by atoms with Crippen molar-refractivity contribution in [2.75, 3.05) is 12.4 Å². The van der Waals surface area contributed by atoms with Gasteiger partial charge in [0.05, 0.1) is 17.6 Å². The lowest BCUT2D eigenvalue weighted by molar-refractivity contribution is -0.116. The monoisotopic (exact) mass is 497 g/mol. The van der Waals surface area contributed by atoms with Crippen LogP contribution < -0.4 is 14.8 Å². The Bertz CT molecular complexity index is 1280. The van der Waals surface area contributed by atoms with Crippen LogP contribution in [0.4, 0.5) is 10.5 Å². The van der Waals surface area contributed by atoms with Gasteiger partial charge in [-0.25, -0.2) is 22.9 Å². The van der Waals surface area contributed by atoms with Crippen LogP contribution in [0, 0.1) is 0 Å². The number of benzene rings is 2. The van der Waals surface area contributed by atoms with E-state index < -0.39 is 22.1 Å². The maximum absolute atomic E-state index is 12.6. The summed E-state index contributed by atoms with van der Waals surface area (Å²) in [6.07, 6.45) is 1.85. The number of ether oxygens (including phenoxy) is 2. The predicted octanol–water partition coefficient (Wildman–Crippen LogP) is 3.31. The molecule has 0 saturated carbocycles. The van der Waals surface area contributed by atoms with E-state index in [-0.39, 0.29) is 22.2 Å². The summed E-state index contributed by atoms with van der Waals surface area (Å²) >= 11 is 0. The molecule has 10 nitrogen and oxygen atoms in total. The molecule has 0 aliphatic heterocycles. The van der Waals surface area contributed by atoms with Gasteiger partial charge in [-0.05, 0) is 48.7 Å². The molecule has 2 aromatic carbocycles. The molecule has 0 aliphatic carbocycles. The van der Waals surface area contributed by atoms with Gasteiger partial charge in [0.15, 0.2) is 0 Å². The maximum atomic E-state index is 12.6. The van der Waals surface area contributed by atoms with Crippen molar-refractivity contribution in [2.45, 2.75) is 24.2 Å². The van der Waals surface area contributed by atoms with Gasteiger partial charge in [0, 0.05) is 24.4 Å². The lowest BCUT2D eigenvalue weighted by atomic mass is 10.1. The molecule has 0 unspecified atom stereocenters. The lowest BCUT2D eigenvalue weighted by Gasteiger charge is -2.09. The second-order valence-electron chi connectivity index (χ2n) is 7.29. The smallest absolute Gasteiger partial charge is 0.437 e. The van der Waals surface area contributed by atoms with Crippen LogP contribution in [0.25, 0.3) is 0 Å². The highest BCUT2D eigenvalue weighted by Crippen LogP contribution is 2.16. The number of hydrogen-bond acceptors (Lipinski definition) is 8. The number of carbonyl (C=O) groups excluding carboxylic acids is 3. The van der Waals surface area contributed by atoms with Crippen LogP contribution in [0.3, 0.4) is 0 Å². The third-order valence-corrected chi connectivity index (χ3v) is 6.09. The molecule has 0 bridgehead atoms. The number of anilines is 1. The Morgan fingerprint density at radius 1 is 0.943 bits per heavy atom.